The Morgan fingerprint density at radius 1 is 1.17 bits per heavy atom. The van der Waals surface area contributed by atoms with Crippen LogP contribution < -0.4 is 5.32 Å². The summed E-state index contributed by atoms with van der Waals surface area (Å²) in [5.41, 5.74) is 0. The second kappa shape index (κ2) is 6.57. The lowest BCUT2D eigenvalue weighted by molar-refractivity contribution is -0.144. The monoisotopic (exact) mass is 332 g/mol. The summed E-state index contributed by atoms with van der Waals surface area (Å²) in [7, 11) is 0. The van der Waals surface area contributed by atoms with Crippen LogP contribution >= 0.6 is 0 Å². The molecule has 2 aromatic heterocycles. The molecule has 0 atom stereocenters. The Balaban J connectivity index is 1.53. The van der Waals surface area contributed by atoms with Crippen LogP contribution in [0.2, 0.25) is 0 Å². The molecule has 24 heavy (non-hydrogen) atoms. The smallest absolute Gasteiger partial charge is 0.315 e. The van der Waals surface area contributed by atoms with Crippen LogP contribution in [-0.2, 0) is 9.59 Å². The topological polar surface area (TPSA) is 109 Å². The Kier molecular flexibility index (Phi) is 4.32. The van der Waals surface area contributed by atoms with E-state index in [1.54, 1.807) is 24.0 Å². The van der Waals surface area contributed by atoms with E-state index in [-0.39, 0.29) is 30.6 Å². The number of hydrogen-bond donors (Lipinski definition) is 1. The molecule has 0 aliphatic carbocycles. The van der Waals surface area contributed by atoms with Gasteiger partial charge in [0.2, 0.25) is 0 Å². The fraction of sp³-hybridized carbons (Fsp3) is 0.333. The van der Waals surface area contributed by atoms with Crippen LogP contribution in [-0.4, -0.2) is 58.9 Å². The molecule has 1 aliphatic heterocycles. The van der Waals surface area contributed by atoms with E-state index in [1.165, 1.54) is 17.2 Å². The van der Waals surface area contributed by atoms with Gasteiger partial charge in [0.25, 0.3) is 5.91 Å². The maximum absolute atomic E-state index is 12.1. The number of aryl methyl sites for hydroxylation is 1. The number of piperazine rings is 1. The third kappa shape index (κ3) is 3.29. The van der Waals surface area contributed by atoms with Gasteiger partial charge >= 0.3 is 11.8 Å². The molecule has 3 heterocycles. The van der Waals surface area contributed by atoms with Gasteiger partial charge in [0, 0.05) is 32.2 Å². The predicted octanol–water partition coefficient (Wildman–Crippen LogP) is 0.499. The van der Waals surface area contributed by atoms with Gasteiger partial charge in [-0.3, -0.25) is 19.7 Å². The molecule has 0 bridgehead atoms. The number of carbonyl (C=O) groups excluding carboxylic acids is 3. The van der Waals surface area contributed by atoms with Gasteiger partial charge in [-0.25, -0.2) is 0 Å². The van der Waals surface area contributed by atoms with Crippen LogP contribution in [0.15, 0.2) is 33.4 Å². The number of aromatic nitrogens is 1. The van der Waals surface area contributed by atoms with E-state index in [0.717, 1.165) is 0 Å². The molecule has 0 unspecified atom stereocenters. The molecular weight excluding hydrogens is 316 g/mol. The summed E-state index contributed by atoms with van der Waals surface area (Å²) in [6.45, 7) is 2.90. The fourth-order valence-corrected chi connectivity index (χ4v) is 2.41. The summed E-state index contributed by atoms with van der Waals surface area (Å²) in [5, 5.41) is 5.99. The largest absolute Gasteiger partial charge is 0.459 e. The van der Waals surface area contributed by atoms with Crippen molar-refractivity contribution in [3.8, 4) is 0 Å². The van der Waals surface area contributed by atoms with E-state index in [2.05, 4.69) is 10.5 Å². The Hall–Kier alpha value is -3.10. The first kappa shape index (κ1) is 15.8. The van der Waals surface area contributed by atoms with Crippen LogP contribution in [0.3, 0.4) is 0 Å². The number of furan rings is 1. The third-order valence-corrected chi connectivity index (χ3v) is 3.65. The Bertz CT molecular complexity index is 744. The average Bonchev–Trinajstić information content (AvgIpc) is 3.25. The number of hydrogen-bond acceptors (Lipinski definition) is 6. The van der Waals surface area contributed by atoms with Crippen LogP contribution in [0.1, 0.15) is 16.3 Å². The van der Waals surface area contributed by atoms with Gasteiger partial charge < -0.3 is 18.7 Å². The standard InChI is InChI=1S/C15H16N4O5/c1-10-9-12(17-24-10)16-13(20)15(22)19-6-4-18(5-7-19)14(21)11-3-2-8-23-11/h2-3,8-9H,4-7H2,1H3,(H,16,17,20). The summed E-state index contributed by atoms with van der Waals surface area (Å²) in [5.74, 6) is -0.696. The van der Waals surface area contributed by atoms with Crippen LogP contribution in [0.4, 0.5) is 5.82 Å². The minimum atomic E-state index is -0.783. The number of carbonyl (C=O) groups is 3. The Morgan fingerprint density at radius 3 is 2.46 bits per heavy atom. The molecule has 9 nitrogen and oxygen atoms in total. The van der Waals surface area contributed by atoms with E-state index in [0.29, 0.717) is 18.8 Å². The van der Waals surface area contributed by atoms with Crippen molar-refractivity contribution in [2.75, 3.05) is 31.5 Å². The predicted molar refractivity (Wildman–Crippen MR) is 81.1 cm³/mol. The molecule has 3 rings (SSSR count). The molecule has 1 aliphatic rings. The van der Waals surface area contributed by atoms with Gasteiger partial charge in [0.05, 0.1) is 6.26 Å². The number of nitrogens with zero attached hydrogens (tertiary/aromatic N) is 3. The zero-order valence-corrected chi connectivity index (χ0v) is 13.0. The van der Waals surface area contributed by atoms with Crippen LogP contribution in [0.5, 0.6) is 0 Å². The highest BCUT2D eigenvalue weighted by Crippen LogP contribution is 2.11. The highest BCUT2D eigenvalue weighted by molar-refractivity contribution is 6.39. The molecule has 1 N–H and O–H groups in total. The van der Waals surface area contributed by atoms with E-state index in [4.69, 9.17) is 8.94 Å². The molecule has 0 saturated carbocycles. The van der Waals surface area contributed by atoms with Crippen molar-refractivity contribution >= 4 is 23.5 Å². The summed E-state index contributed by atoms with van der Waals surface area (Å²) in [6.07, 6.45) is 1.43. The maximum atomic E-state index is 12.1. The highest BCUT2D eigenvalue weighted by Gasteiger charge is 2.29. The lowest BCUT2D eigenvalue weighted by atomic mass is 10.2. The van der Waals surface area contributed by atoms with Crippen molar-refractivity contribution in [3.05, 3.63) is 36.0 Å². The molecule has 1 fully saturated rings. The molecule has 9 heteroatoms. The van der Waals surface area contributed by atoms with Crippen molar-refractivity contribution in [2.45, 2.75) is 6.92 Å². The van der Waals surface area contributed by atoms with Crippen LogP contribution in [0, 0.1) is 6.92 Å². The first-order valence-corrected chi connectivity index (χ1v) is 7.41. The number of rotatable bonds is 2. The van der Waals surface area contributed by atoms with Crippen molar-refractivity contribution in [3.63, 3.8) is 0 Å². The summed E-state index contributed by atoms with van der Waals surface area (Å²) in [6, 6.07) is 4.75. The maximum Gasteiger partial charge on any atom is 0.315 e. The SMILES string of the molecule is Cc1cc(NC(=O)C(=O)N2CCN(C(=O)c3ccco3)CC2)no1. The van der Waals surface area contributed by atoms with Gasteiger partial charge in [-0.05, 0) is 19.1 Å². The van der Waals surface area contributed by atoms with Crippen LogP contribution in [0.25, 0.3) is 0 Å². The van der Waals surface area contributed by atoms with E-state index >= 15 is 0 Å². The van der Waals surface area contributed by atoms with Gasteiger partial charge in [0.1, 0.15) is 5.76 Å². The van der Waals surface area contributed by atoms with E-state index in [1.807, 2.05) is 0 Å². The van der Waals surface area contributed by atoms with Gasteiger partial charge in [-0.1, -0.05) is 5.16 Å². The second-order valence-corrected chi connectivity index (χ2v) is 5.34. The lowest BCUT2D eigenvalue weighted by Crippen LogP contribution is -2.53. The first-order chi connectivity index (χ1) is 11.5. The minimum Gasteiger partial charge on any atom is -0.459 e. The van der Waals surface area contributed by atoms with Gasteiger partial charge in [-0.15, -0.1) is 0 Å². The molecule has 2 aromatic rings. The van der Waals surface area contributed by atoms with Crippen molar-refractivity contribution in [1.82, 2.24) is 15.0 Å². The molecule has 0 spiro atoms. The Morgan fingerprint density at radius 2 is 1.88 bits per heavy atom. The van der Waals surface area contributed by atoms with Crippen molar-refractivity contribution in [2.24, 2.45) is 0 Å². The average molecular weight is 332 g/mol. The number of amides is 3. The molecule has 3 amide bonds. The lowest BCUT2D eigenvalue weighted by Gasteiger charge is -2.33. The second-order valence-electron chi connectivity index (χ2n) is 5.34. The molecular formula is C15H16N4O5. The molecule has 1 saturated heterocycles. The molecule has 126 valence electrons. The molecule has 0 aromatic carbocycles. The summed E-state index contributed by atoms with van der Waals surface area (Å²) in [4.78, 5) is 39.2. The molecule has 0 radical (unpaired) electrons. The number of anilines is 1. The summed E-state index contributed by atoms with van der Waals surface area (Å²) >= 11 is 0. The van der Waals surface area contributed by atoms with Gasteiger partial charge in [-0.2, -0.15) is 0 Å². The number of nitrogens with one attached hydrogen (secondary N) is 1. The highest BCUT2D eigenvalue weighted by atomic mass is 16.5. The Labute approximate surface area is 137 Å². The quantitative estimate of drug-likeness (QED) is 0.802. The minimum absolute atomic E-state index is 0.192. The third-order valence-electron chi connectivity index (χ3n) is 3.65. The zero-order chi connectivity index (χ0) is 17.1. The normalized spacial score (nSPS) is 14.5. The van der Waals surface area contributed by atoms with E-state index in [9.17, 15) is 14.4 Å². The van der Waals surface area contributed by atoms with Crippen molar-refractivity contribution in [1.29, 1.82) is 0 Å². The van der Waals surface area contributed by atoms with E-state index < -0.39 is 11.8 Å². The van der Waals surface area contributed by atoms with Gasteiger partial charge in [0.15, 0.2) is 11.6 Å². The fourth-order valence-electron chi connectivity index (χ4n) is 2.41. The van der Waals surface area contributed by atoms with Crippen molar-refractivity contribution < 1.29 is 23.3 Å². The summed E-state index contributed by atoms with van der Waals surface area (Å²) < 4.78 is 9.90. The zero-order valence-electron chi connectivity index (χ0n) is 13.0. The first-order valence-electron chi connectivity index (χ1n) is 7.41.